The molecule has 0 heterocycles. The summed E-state index contributed by atoms with van der Waals surface area (Å²) in [6.07, 6.45) is 7.11. The Balaban J connectivity index is 3.49. The molecule has 0 aliphatic carbocycles. The highest BCUT2D eigenvalue weighted by molar-refractivity contribution is 6.18. The number of hydrogen-bond acceptors (Lipinski definition) is 0. The molecule has 1 heteroatoms. The molecule has 0 unspecified atom stereocenters. The van der Waals surface area contributed by atoms with Gasteiger partial charge in [-0.05, 0) is 19.3 Å². The first kappa shape index (κ1) is 10.0. The molecular weight excluding hydrogens is 144 g/mol. The summed E-state index contributed by atoms with van der Waals surface area (Å²) in [5.74, 6) is 0.673. The Hall–Kier alpha value is 0.0300. The van der Waals surface area contributed by atoms with Gasteiger partial charge < -0.3 is 0 Å². The van der Waals surface area contributed by atoms with Crippen LogP contribution in [0.1, 0.15) is 39.5 Å². The van der Waals surface area contributed by atoms with Crippen molar-refractivity contribution < 1.29 is 0 Å². The van der Waals surface area contributed by atoms with E-state index in [1.54, 1.807) is 0 Å². The van der Waals surface area contributed by atoms with E-state index >= 15 is 0 Å². The largest absolute Gasteiger partial charge is 0.122 e. The molecule has 0 aromatic heterocycles. The predicted octanol–water partition coefficient (Wildman–Crippen LogP) is 3.75. The average molecular weight is 161 g/mol. The Bertz CT molecular complexity index is 94.9. The number of hydrogen-bond donors (Lipinski definition) is 0. The summed E-state index contributed by atoms with van der Waals surface area (Å²) in [4.78, 5) is 0. The molecule has 0 aromatic rings. The fourth-order valence-electron chi connectivity index (χ4n) is 0.936. The molecule has 60 valence electrons. The smallest absolute Gasteiger partial charge is 0.0406 e. The van der Waals surface area contributed by atoms with E-state index in [2.05, 4.69) is 19.9 Å². The van der Waals surface area contributed by atoms with Crippen LogP contribution in [0.3, 0.4) is 0 Å². The minimum atomic E-state index is 0.673. The minimum Gasteiger partial charge on any atom is -0.122 e. The summed E-state index contributed by atoms with van der Waals surface area (Å²) in [5, 5.41) is 0. The molecule has 0 saturated heterocycles. The van der Waals surface area contributed by atoms with Crippen molar-refractivity contribution >= 4 is 11.6 Å². The van der Waals surface area contributed by atoms with E-state index in [-0.39, 0.29) is 0 Å². The van der Waals surface area contributed by atoms with Gasteiger partial charge in [-0.25, -0.2) is 0 Å². The van der Waals surface area contributed by atoms with Gasteiger partial charge >= 0.3 is 0 Å². The first-order valence-electron chi connectivity index (χ1n) is 4.09. The lowest BCUT2D eigenvalue weighted by Crippen LogP contribution is -1.82. The van der Waals surface area contributed by atoms with Crippen molar-refractivity contribution in [3.8, 4) is 0 Å². The second kappa shape index (κ2) is 7.14. The van der Waals surface area contributed by atoms with Crippen LogP contribution in [0.2, 0.25) is 0 Å². The highest BCUT2D eigenvalue weighted by atomic mass is 35.5. The predicted molar refractivity (Wildman–Crippen MR) is 48.6 cm³/mol. The first-order chi connectivity index (χ1) is 4.85. The maximum atomic E-state index is 5.58. The van der Waals surface area contributed by atoms with Gasteiger partial charge in [0.15, 0.2) is 0 Å². The molecule has 0 radical (unpaired) electrons. The van der Waals surface area contributed by atoms with Crippen molar-refractivity contribution in [2.45, 2.75) is 39.5 Å². The molecular formula is C9H17Cl. The third-order valence-corrected chi connectivity index (χ3v) is 1.83. The average Bonchev–Trinajstić information content (AvgIpc) is 1.98. The lowest BCUT2D eigenvalue weighted by Gasteiger charge is -2.00. The van der Waals surface area contributed by atoms with Gasteiger partial charge in [0.05, 0.1) is 0 Å². The van der Waals surface area contributed by atoms with Crippen molar-refractivity contribution in [3.05, 3.63) is 11.6 Å². The molecule has 10 heavy (non-hydrogen) atoms. The first-order valence-corrected chi connectivity index (χ1v) is 4.62. The van der Waals surface area contributed by atoms with Crippen molar-refractivity contribution in [2.24, 2.45) is 0 Å². The van der Waals surface area contributed by atoms with E-state index in [1.807, 2.05) is 0 Å². The second-order valence-electron chi connectivity index (χ2n) is 2.47. The van der Waals surface area contributed by atoms with Gasteiger partial charge in [-0.1, -0.05) is 31.9 Å². The Morgan fingerprint density at radius 1 is 1.40 bits per heavy atom. The van der Waals surface area contributed by atoms with Crippen molar-refractivity contribution in [2.75, 3.05) is 5.88 Å². The minimum absolute atomic E-state index is 0.673. The van der Waals surface area contributed by atoms with Gasteiger partial charge in [-0.3, -0.25) is 0 Å². The summed E-state index contributed by atoms with van der Waals surface area (Å²) >= 11 is 5.58. The van der Waals surface area contributed by atoms with Crippen molar-refractivity contribution in [1.29, 1.82) is 0 Å². The quantitative estimate of drug-likeness (QED) is 0.425. The van der Waals surface area contributed by atoms with Gasteiger partial charge in [0.2, 0.25) is 0 Å². The highest BCUT2D eigenvalue weighted by Gasteiger charge is 1.91. The Labute approximate surface area is 69.3 Å². The number of alkyl halides is 1. The Morgan fingerprint density at radius 2 is 2.10 bits per heavy atom. The van der Waals surface area contributed by atoms with E-state index < -0.39 is 0 Å². The molecule has 0 saturated carbocycles. The van der Waals surface area contributed by atoms with Gasteiger partial charge in [0, 0.05) is 5.88 Å². The monoisotopic (exact) mass is 160 g/mol. The van der Waals surface area contributed by atoms with Gasteiger partial charge in [-0.2, -0.15) is 0 Å². The molecule has 0 bridgehead atoms. The zero-order valence-electron chi connectivity index (χ0n) is 6.99. The fraction of sp³-hybridized carbons (Fsp3) is 0.778. The van der Waals surface area contributed by atoms with Gasteiger partial charge in [-0.15, -0.1) is 11.6 Å². The van der Waals surface area contributed by atoms with E-state index in [0.29, 0.717) is 5.88 Å². The van der Waals surface area contributed by atoms with Gasteiger partial charge in [0.25, 0.3) is 0 Å². The summed E-state index contributed by atoms with van der Waals surface area (Å²) in [6.45, 7) is 4.40. The molecule has 0 amide bonds. The molecule has 0 aliphatic heterocycles. The molecule has 0 rings (SSSR count). The molecule has 0 aliphatic rings. The third kappa shape index (κ3) is 4.87. The second-order valence-corrected chi connectivity index (χ2v) is 2.78. The maximum absolute atomic E-state index is 5.58. The fourth-order valence-corrected chi connectivity index (χ4v) is 1.15. The summed E-state index contributed by atoms with van der Waals surface area (Å²) in [7, 11) is 0. The summed E-state index contributed by atoms with van der Waals surface area (Å²) in [6, 6.07) is 0. The van der Waals surface area contributed by atoms with E-state index in [4.69, 9.17) is 11.6 Å². The molecule has 0 atom stereocenters. The topological polar surface area (TPSA) is 0 Å². The molecule has 0 nitrogen and oxygen atoms in total. The van der Waals surface area contributed by atoms with Crippen LogP contribution in [0, 0.1) is 0 Å². The van der Waals surface area contributed by atoms with Crippen LogP contribution in [0.4, 0.5) is 0 Å². The van der Waals surface area contributed by atoms with Crippen LogP contribution in [-0.2, 0) is 0 Å². The van der Waals surface area contributed by atoms with Crippen LogP contribution in [-0.4, -0.2) is 5.88 Å². The molecule has 0 aromatic carbocycles. The van der Waals surface area contributed by atoms with E-state index in [9.17, 15) is 0 Å². The SMILES string of the molecule is CCCCC(=CCCl)CC. The van der Waals surface area contributed by atoms with Crippen LogP contribution in [0.15, 0.2) is 11.6 Å². The lowest BCUT2D eigenvalue weighted by atomic mass is 10.1. The molecule has 0 fully saturated rings. The number of rotatable bonds is 5. The highest BCUT2D eigenvalue weighted by Crippen LogP contribution is 2.10. The standard InChI is InChI=1S/C9H17Cl/c1-3-5-6-9(4-2)7-8-10/h7H,3-6,8H2,1-2H3. The third-order valence-electron chi connectivity index (χ3n) is 1.67. The zero-order chi connectivity index (χ0) is 7.82. The molecule has 0 N–H and O–H groups in total. The Morgan fingerprint density at radius 3 is 2.50 bits per heavy atom. The van der Waals surface area contributed by atoms with E-state index in [1.165, 1.54) is 24.8 Å². The van der Waals surface area contributed by atoms with Crippen LogP contribution < -0.4 is 0 Å². The number of allylic oxidation sites excluding steroid dienone is 2. The van der Waals surface area contributed by atoms with Crippen molar-refractivity contribution in [1.82, 2.24) is 0 Å². The van der Waals surface area contributed by atoms with Crippen LogP contribution in [0.5, 0.6) is 0 Å². The summed E-state index contributed by atoms with van der Waals surface area (Å²) in [5.41, 5.74) is 1.51. The lowest BCUT2D eigenvalue weighted by molar-refractivity contribution is 0.765. The zero-order valence-corrected chi connectivity index (χ0v) is 7.75. The number of unbranched alkanes of at least 4 members (excludes halogenated alkanes) is 1. The molecule has 0 spiro atoms. The Kier molecular flexibility index (Phi) is 7.16. The van der Waals surface area contributed by atoms with Crippen LogP contribution in [0.25, 0.3) is 0 Å². The maximum Gasteiger partial charge on any atom is 0.0406 e. The normalized spacial score (nSPS) is 12.1. The number of halogens is 1. The van der Waals surface area contributed by atoms with E-state index in [0.717, 1.165) is 6.42 Å². The van der Waals surface area contributed by atoms with Crippen LogP contribution >= 0.6 is 11.6 Å². The van der Waals surface area contributed by atoms with Crippen molar-refractivity contribution in [3.63, 3.8) is 0 Å². The van der Waals surface area contributed by atoms with Gasteiger partial charge in [0.1, 0.15) is 0 Å². The summed E-state index contributed by atoms with van der Waals surface area (Å²) < 4.78 is 0.